The number of benzene rings is 1. The molecule has 0 radical (unpaired) electrons. The molecule has 0 aliphatic heterocycles. The van der Waals surface area contributed by atoms with E-state index in [-0.39, 0.29) is 5.56 Å². The van der Waals surface area contributed by atoms with Crippen LogP contribution in [0.25, 0.3) is 10.9 Å². The highest BCUT2D eigenvalue weighted by molar-refractivity contribution is 7.80. The molecule has 98 valence electrons. The molecule has 5 nitrogen and oxygen atoms in total. The lowest BCUT2D eigenvalue weighted by atomic mass is 10.2. The number of H-pyrrole nitrogens is 1. The van der Waals surface area contributed by atoms with Gasteiger partial charge in [0.2, 0.25) is 0 Å². The van der Waals surface area contributed by atoms with E-state index in [2.05, 4.69) is 20.8 Å². The Kier molecular flexibility index (Phi) is 4.25. The second kappa shape index (κ2) is 6.10. The summed E-state index contributed by atoms with van der Waals surface area (Å²) in [5, 5.41) is 8.21. The van der Waals surface area contributed by atoms with Gasteiger partial charge in [-0.2, -0.15) is 5.10 Å². The number of fused-ring (bicyclic) bond motifs is 1. The molecule has 0 unspecified atom stereocenters. The number of hydrogen-bond acceptors (Lipinski definition) is 3. The summed E-state index contributed by atoms with van der Waals surface area (Å²) in [5.41, 5.74) is 3.75. The molecule has 0 amide bonds. The van der Waals surface area contributed by atoms with Gasteiger partial charge in [-0.1, -0.05) is 18.2 Å². The molecule has 0 saturated carbocycles. The molecule has 0 atom stereocenters. The Morgan fingerprint density at radius 3 is 3.05 bits per heavy atom. The van der Waals surface area contributed by atoms with E-state index in [1.165, 1.54) is 6.21 Å². The standard InChI is InChI=1S/C13H14N4OS/c1-2-14-13(19)17-15-8-10-7-9-5-3-4-6-11(9)16-12(10)18/h3-8H,2H2,1H3,(H,16,18)(H2,14,17,19). The van der Waals surface area contributed by atoms with Gasteiger partial charge in [0.05, 0.1) is 11.8 Å². The Morgan fingerprint density at radius 1 is 1.47 bits per heavy atom. The van der Waals surface area contributed by atoms with Crippen LogP contribution in [0.1, 0.15) is 12.5 Å². The van der Waals surface area contributed by atoms with E-state index in [0.717, 1.165) is 17.4 Å². The first-order valence-electron chi connectivity index (χ1n) is 5.89. The molecule has 0 fully saturated rings. The third-order valence-electron chi connectivity index (χ3n) is 2.49. The topological polar surface area (TPSA) is 69.3 Å². The fourth-order valence-corrected chi connectivity index (χ4v) is 1.82. The summed E-state index contributed by atoms with van der Waals surface area (Å²) in [6.45, 7) is 2.66. The number of hydrogen-bond donors (Lipinski definition) is 3. The first kappa shape index (κ1) is 13.2. The first-order chi connectivity index (χ1) is 9.20. The van der Waals surface area contributed by atoms with Crippen molar-refractivity contribution in [2.45, 2.75) is 6.92 Å². The second-order valence-electron chi connectivity index (χ2n) is 3.87. The average molecular weight is 274 g/mol. The first-order valence-corrected chi connectivity index (χ1v) is 6.30. The van der Waals surface area contributed by atoms with Crippen LogP contribution in [0.5, 0.6) is 0 Å². The molecule has 2 rings (SSSR count). The van der Waals surface area contributed by atoms with Crippen molar-refractivity contribution in [3.63, 3.8) is 0 Å². The van der Waals surface area contributed by atoms with Crippen molar-refractivity contribution >= 4 is 34.4 Å². The summed E-state index contributed by atoms with van der Waals surface area (Å²) in [7, 11) is 0. The van der Waals surface area contributed by atoms with E-state index in [1.54, 1.807) is 6.07 Å². The Morgan fingerprint density at radius 2 is 2.26 bits per heavy atom. The molecule has 0 aliphatic carbocycles. The second-order valence-corrected chi connectivity index (χ2v) is 4.28. The van der Waals surface area contributed by atoms with Crippen LogP contribution in [0.15, 0.2) is 40.2 Å². The fourth-order valence-electron chi connectivity index (χ4n) is 1.62. The third kappa shape index (κ3) is 3.38. The zero-order valence-corrected chi connectivity index (χ0v) is 11.3. The smallest absolute Gasteiger partial charge is 0.257 e. The van der Waals surface area contributed by atoms with Crippen LogP contribution in [0, 0.1) is 0 Å². The number of nitrogens with one attached hydrogen (secondary N) is 3. The predicted molar refractivity (Wildman–Crippen MR) is 81.6 cm³/mol. The quantitative estimate of drug-likeness (QED) is 0.449. The SMILES string of the molecule is CCNC(=S)NN=Cc1cc2ccccc2[nH]c1=O. The van der Waals surface area contributed by atoms with Crippen LogP contribution in [-0.2, 0) is 0 Å². The molecule has 6 heteroatoms. The van der Waals surface area contributed by atoms with Crippen molar-refractivity contribution in [3.8, 4) is 0 Å². The molecular formula is C13H14N4OS. The predicted octanol–water partition coefficient (Wildman–Crippen LogP) is 1.35. The van der Waals surface area contributed by atoms with Gasteiger partial charge < -0.3 is 10.3 Å². The van der Waals surface area contributed by atoms with Crippen molar-refractivity contribution in [3.05, 3.63) is 46.2 Å². The van der Waals surface area contributed by atoms with Gasteiger partial charge in [-0.25, -0.2) is 0 Å². The largest absolute Gasteiger partial charge is 0.362 e. The molecule has 3 N–H and O–H groups in total. The fraction of sp³-hybridized carbons (Fsp3) is 0.154. The van der Waals surface area contributed by atoms with E-state index < -0.39 is 0 Å². The number of aromatic nitrogens is 1. The molecular weight excluding hydrogens is 260 g/mol. The summed E-state index contributed by atoms with van der Waals surface area (Å²) < 4.78 is 0. The minimum Gasteiger partial charge on any atom is -0.362 e. The number of rotatable bonds is 3. The third-order valence-corrected chi connectivity index (χ3v) is 2.72. The summed E-state index contributed by atoms with van der Waals surface area (Å²) in [6.07, 6.45) is 1.45. The maximum atomic E-state index is 11.8. The molecule has 2 aromatic rings. The summed E-state index contributed by atoms with van der Waals surface area (Å²) in [5.74, 6) is 0. The number of aromatic amines is 1. The van der Waals surface area contributed by atoms with Crippen molar-refractivity contribution in [2.24, 2.45) is 5.10 Å². The van der Waals surface area contributed by atoms with E-state index in [1.807, 2.05) is 31.2 Å². The summed E-state index contributed by atoms with van der Waals surface area (Å²) in [4.78, 5) is 14.6. The Balaban J connectivity index is 2.21. The number of pyridine rings is 1. The summed E-state index contributed by atoms with van der Waals surface area (Å²) >= 11 is 4.96. The summed E-state index contributed by atoms with van der Waals surface area (Å²) in [6, 6.07) is 9.37. The van der Waals surface area contributed by atoms with Gasteiger partial charge in [0, 0.05) is 12.1 Å². The van der Waals surface area contributed by atoms with Crippen molar-refractivity contribution in [2.75, 3.05) is 6.54 Å². The lowest BCUT2D eigenvalue weighted by molar-refractivity contribution is 0.904. The number of para-hydroxylation sites is 1. The van der Waals surface area contributed by atoms with Gasteiger partial charge in [0.1, 0.15) is 0 Å². The maximum absolute atomic E-state index is 11.8. The van der Waals surface area contributed by atoms with Crippen molar-refractivity contribution in [1.29, 1.82) is 0 Å². The normalized spacial score (nSPS) is 10.8. The number of nitrogens with zero attached hydrogens (tertiary/aromatic N) is 1. The maximum Gasteiger partial charge on any atom is 0.257 e. The van der Waals surface area contributed by atoms with Crippen LogP contribution < -0.4 is 16.3 Å². The van der Waals surface area contributed by atoms with Gasteiger partial charge in [-0.3, -0.25) is 10.2 Å². The van der Waals surface area contributed by atoms with E-state index in [9.17, 15) is 4.79 Å². The molecule has 0 bridgehead atoms. The molecule has 1 aromatic heterocycles. The zero-order chi connectivity index (χ0) is 13.7. The van der Waals surface area contributed by atoms with Crippen LogP contribution in [-0.4, -0.2) is 22.9 Å². The van der Waals surface area contributed by atoms with Crippen molar-refractivity contribution in [1.82, 2.24) is 15.7 Å². The molecule has 1 aromatic carbocycles. The monoisotopic (exact) mass is 274 g/mol. The lowest BCUT2D eigenvalue weighted by Gasteiger charge is -2.02. The van der Waals surface area contributed by atoms with Crippen LogP contribution in [0.3, 0.4) is 0 Å². The van der Waals surface area contributed by atoms with Crippen LogP contribution in [0.4, 0.5) is 0 Å². The van der Waals surface area contributed by atoms with Gasteiger partial charge in [-0.05, 0) is 36.7 Å². The minimum absolute atomic E-state index is 0.182. The highest BCUT2D eigenvalue weighted by Gasteiger charge is 1.99. The minimum atomic E-state index is -0.182. The highest BCUT2D eigenvalue weighted by atomic mass is 32.1. The molecule has 0 aliphatic rings. The number of hydrazone groups is 1. The molecule has 0 spiro atoms. The van der Waals surface area contributed by atoms with E-state index >= 15 is 0 Å². The number of thiocarbonyl (C=S) groups is 1. The lowest BCUT2D eigenvalue weighted by Crippen LogP contribution is -2.31. The van der Waals surface area contributed by atoms with Crippen LogP contribution >= 0.6 is 12.2 Å². The Hall–Kier alpha value is -2.21. The Labute approximate surface area is 115 Å². The van der Waals surface area contributed by atoms with E-state index in [4.69, 9.17) is 12.2 Å². The van der Waals surface area contributed by atoms with Crippen molar-refractivity contribution < 1.29 is 0 Å². The van der Waals surface area contributed by atoms with Gasteiger partial charge >= 0.3 is 0 Å². The molecule has 0 saturated heterocycles. The highest BCUT2D eigenvalue weighted by Crippen LogP contribution is 2.08. The van der Waals surface area contributed by atoms with Gasteiger partial charge in [0.15, 0.2) is 5.11 Å². The van der Waals surface area contributed by atoms with Crippen LogP contribution in [0.2, 0.25) is 0 Å². The molecule has 1 heterocycles. The van der Waals surface area contributed by atoms with E-state index in [0.29, 0.717) is 10.7 Å². The van der Waals surface area contributed by atoms with Gasteiger partial charge in [0.25, 0.3) is 5.56 Å². The van der Waals surface area contributed by atoms with Gasteiger partial charge in [-0.15, -0.1) is 0 Å². The molecule has 19 heavy (non-hydrogen) atoms. The average Bonchev–Trinajstić information content (AvgIpc) is 2.39. The zero-order valence-electron chi connectivity index (χ0n) is 10.4. The Bertz CT molecular complexity index is 678.